The van der Waals surface area contributed by atoms with Crippen molar-refractivity contribution in [1.82, 2.24) is 0 Å². The Morgan fingerprint density at radius 2 is 1.94 bits per heavy atom. The number of alkyl halides is 3. The van der Waals surface area contributed by atoms with Crippen LogP contribution in [0.3, 0.4) is 0 Å². The molecule has 5 nitrogen and oxygen atoms in total. The number of ether oxygens (including phenoxy) is 1. The molecule has 2 unspecified atom stereocenters. The third-order valence-corrected chi connectivity index (χ3v) is 2.04. The van der Waals surface area contributed by atoms with Crippen molar-refractivity contribution in [3.05, 3.63) is 23.8 Å². The number of aliphatic hydroxyl groups is 2. The van der Waals surface area contributed by atoms with E-state index in [0.717, 1.165) is 18.2 Å². The lowest BCUT2D eigenvalue weighted by Crippen LogP contribution is -2.19. The molecular formula is C10H9F3N2O3. The zero-order valence-electron chi connectivity index (χ0n) is 8.85. The molecule has 0 aliphatic heterocycles. The second-order valence-corrected chi connectivity index (χ2v) is 3.36. The molecule has 0 saturated heterocycles. The zero-order chi connectivity index (χ0) is 13.9. The zero-order valence-corrected chi connectivity index (χ0v) is 8.85. The highest BCUT2D eigenvalue weighted by Crippen LogP contribution is 2.30. The molecule has 1 rings (SSSR count). The summed E-state index contributed by atoms with van der Waals surface area (Å²) in [7, 11) is 0. The van der Waals surface area contributed by atoms with Crippen molar-refractivity contribution in [2.24, 2.45) is 0 Å². The number of nitrogens with zero attached hydrogens (tertiary/aromatic N) is 1. The van der Waals surface area contributed by atoms with Gasteiger partial charge in [0.1, 0.15) is 11.9 Å². The van der Waals surface area contributed by atoms with Crippen LogP contribution in [0.2, 0.25) is 0 Å². The van der Waals surface area contributed by atoms with Crippen molar-refractivity contribution in [3.8, 4) is 11.8 Å². The predicted molar refractivity (Wildman–Crippen MR) is 54.1 cm³/mol. The Hall–Kier alpha value is -1.98. The summed E-state index contributed by atoms with van der Waals surface area (Å²) in [6, 6.07) is 4.19. The molecule has 0 aliphatic carbocycles. The Kier molecular flexibility index (Phi) is 4.00. The van der Waals surface area contributed by atoms with E-state index in [2.05, 4.69) is 4.74 Å². The molecule has 0 fully saturated rings. The number of aliphatic hydroxyl groups excluding tert-OH is 2. The van der Waals surface area contributed by atoms with Crippen LogP contribution in [-0.4, -0.2) is 22.7 Å². The minimum Gasteiger partial charge on any atom is -0.406 e. The highest BCUT2D eigenvalue weighted by Gasteiger charge is 2.31. The van der Waals surface area contributed by atoms with Crippen LogP contribution < -0.4 is 10.5 Å². The highest BCUT2D eigenvalue weighted by atomic mass is 19.4. The van der Waals surface area contributed by atoms with Gasteiger partial charge in [0.15, 0.2) is 6.10 Å². The van der Waals surface area contributed by atoms with Gasteiger partial charge in [-0.3, -0.25) is 0 Å². The van der Waals surface area contributed by atoms with Crippen LogP contribution in [0.5, 0.6) is 5.75 Å². The molecule has 4 N–H and O–H groups in total. The van der Waals surface area contributed by atoms with Crippen LogP contribution in [-0.2, 0) is 0 Å². The Morgan fingerprint density at radius 3 is 2.39 bits per heavy atom. The molecular weight excluding hydrogens is 253 g/mol. The van der Waals surface area contributed by atoms with Gasteiger partial charge in [0, 0.05) is 17.3 Å². The van der Waals surface area contributed by atoms with Gasteiger partial charge in [-0.2, -0.15) is 5.26 Å². The number of rotatable bonds is 3. The third-order valence-electron chi connectivity index (χ3n) is 2.04. The highest BCUT2D eigenvalue weighted by molar-refractivity contribution is 5.53. The maximum Gasteiger partial charge on any atom is 0.573 e. The van der Waals surface area contributed by atoms with Crippen molar-refractivity contribution in [2.45, 2.75) is 18.6 Å². The second kappa shape index (κ2) is 5.12. The number of hydrogen-bond donors (Lipinski definition) is 3. The molecule has 0 saturated carbocycles. The summed E-state index contributed by atoms with van der Waals surface area (Å²) in [6.07, 6.45) is -8.17. The molecule has 98 valence electrons. The number of benzene rings is 1. The summed E-state index contributed by atoms with van der Waals surface area (Å²) in [5.41, 5.74) is 5.13. The molecule has 0 spiro atoms. The van der Waals surface area contributed by atoms with Crippen molar-refractivity contribution >= 4 is 5.69 Å². The fourth-order valence-electron chi connectivity index (χ4n) is 1.26. The Labute approximate surface area is 99.8 Å². The van der Waals surface area contributed by atoms with Crippen LogP contribution in [0, 0.1) is 11.3 Å². The summed E-state index contributed by atoms with van der Waals surface area (Å²) in [5.74, 6) is -0.553. The van der Waals surface area contributed by atoms with Crippen molar-refractivity contribution in [1.29, 1.82) is 5.26 Å². The van der Waals surface area contributed by atoms with E-state index in [0.29, 0.717) is 0 Å². The lowest BCUT2D eigenvalue weighted by Gasteiger charge is -2.16. The van der Waals surface area contributed by atoms with E-state index in [1.165, 1.54) is 6.07 Å². The molecule has 0 radical (unpaired) electrons. The minimum absolute atomic E-state index is 0.0569. The molecule has 18 heavy (non-hydrogen) atoms. The van der Waals surface area contributed by atoms with Crippen molar-refractivity contribution < 1.29 is 28.1 Å². The Balaban J connectivity index is 2.97. The van der Waals surface area contributed by atoms with E-state index >= 15 is 0 Å². The predicted octanol–water partition coefficient (Wildman–Crippen LogP) is 1.09. The average molecular weight is 262 g/mol. The maximum atomic E-state index is 11.9. The standard InChI is InChI=1S/C10H9F3N2O3/c11-10(12,13)18-5-1-2-6(7(15)3-5)9(17)8(16)4-14/h1-3,8-9,16-17H,15H2. The summed E-state index contributed by atoms with van der Waals surface area (Å²) in [6.45, 7) is 0. The monoisotopic (exact) mass is 262 g/mol. The van der Waals surface area contributed by atoms with Gasteiger partial charge in [-0.05, 0) is 6.07 Å². The first-order chi connectivity index (χ1) is 8.24. The second-order valence-electron chi connectivity index (χ2n) is 3.36. The number of nitrogens with two attached hydrogens (primary N) is 1. The van der Waals surface area contributed by atoms with Crippen LogP contribution in [0.15, 0.2) is 18.2 Å². The number of anilines is 1. The number of nitrogen functional groups attached to an aromatic ring is 1. The van der Waals surface area contributed by atoms with E-state index in [1.54, 1.807) is 0 Å². The van der Waals surface area contributed by atoms with Gasteiger partial charge in [-0.15, -0.1) is 13.2 Å². The number of nitriles is 1. The molecule has 0 heterocycles. The van der Waals surface area contributed by atoms with Gasteiger partial charge >= 0.3 is 6.36 Å². The van der Waals surface area contributed by atoms with Gasteiger partial charge < -0.3 is 20.7 Å². The molecule has 0 bridgehead atoms. The first kappa shape index (κ1) is 14.1. The van der Waals surface area contributed by atoms with Crippen molar-refractivity contribution in [3.63, 3.8) is 0 Å². The third kappa shape index (κ3) is 3.51. The van der Waals surface area contributed by atoms with Gasteiger partial charge in [-0.1, -0.05) is 6.07 Å². The SMILES string of the molecule is N#CC(O)C(O)c1ccc(OC(F)(F)F)cc1N. The molecule has 1 aromatic carbocycles. The lowest BCUT2D eigenvalue weighted by atomic mass is 10.0. The summed E-state index contributed by atoms with van der Waals surface area (Å²) in [5, 5.41) is 27.0. The van der Waals surface area contributed by atoms with Gasteiger partial charge in [0.2, 0.25) is 0 Å². The summed E-state index contributed by atoms with van der Waals surface area (Å²) >= 11 is 0. The molecule has 1 aromatic rings. The Bertz CT molecular complexity index is 470. The number of halogens is 3. The van der Waals surface area contributed by atoms with Crippen LogP contribution in [0.4, 0.5) is 18.9 Å². The van der Waals surface area contributed by atoms with E-state index in [1.807, 2.05) is 0 Å². The number of hydrogen-bond acceptors (Lipinski definition) is 5. The minimum atomic E-state index is -4.85. The molecule has 0 aromatic heterocycles. The maximum absolute atomic E-state index is 11.9. The van der Waals surface area contributed by atoms with E-state index in [-0.39, 0.29) is 11.3 Å². The van der Waals surface area contributed by atoms with Crippen molar-refractivity contribution in [2.75, 3.05) is 5.73 Å². The first-order valence-electron chi connectivity index (χ1n) is 4.65. The van der Waals surface area contributed by atoms with Crippen LogP contribution in [0.25, 0.3) is 0 Å². The fraction of sp³-hybridized carbons (Fsp3) is 0.300. The summed E-state index contributed by atoms with van der Waals surface area (Å²) in [4.78, 5) is 0. The first-order valence-corrected chi connectivity index (χ1v) is 4.65. The molecule has 8 heteroatoms. The van der Waals surface area contributed by atoms with E-state index in [4.69, 9.17) is 16.1 Å². The average Bonchev–Trinajstić information content (AvgIpc) is 2.25. The van der Waals surface area contributed by atoms with Crippen LogP contribution in [0.1, 0.15) is 11.7 Å². The molecule has 0 amide bonds. The topological polar surface area (TPSA) is 99.5 Å². The Morgan fingerprint density at radius 1 is 1.33 bits per heavy atom. The van der Waals surface area contributed by atoms with E-state index in [9.17, 15) is 18.3 Å². The lowest BCUT2D eigenvalue weighted by molar-refractivity contribution is -0.274. The normalized spacial score (nSPS) is 14.7. The molecule has 2 atom stereocenters. The quantitative estimate of drug-likeness (QED) is 0.559. The fourth-order valence-corrected chi connectivity index (χ4v) is 1.26. The van der Waals surface area contributed by atoms with Gasteiger partial charge in [0.05, 0.1) is 6.07 Å². The van der Waals surface area contributed by atoms with Gasteiger partial charge in [-0.25, -0.2) is 0 Å². The summed E-state index contributed by atoms with van der Waals surface area (Å²) < 4.78 is 39.4. The molecule has 0 aliphatic rings. The smallest absolute Gasteiger partial charge is 0.406 e. The van der Waals surface area contributed by atoms with Gasteiger partial charge in [0.25, 0.3) is 0 Å². The van der Waals surface area contributed by atoms with E-state index < -0.39 is 24.3 Å². The van der Waals surface area contributed by atoms with Crippen LogP contribution >= 0.6 is 0 Å². The largest absolute Gasteiger partial charge is 0.573 e.